The van der Waals surface area contributed by atoms with Gasteiger partial charge in [-0.05, 0) is 69.0 Å². The minimum Gasteiger partial charge on any atom is -0.455 e. The van der Waals surface area contributed by atoms with Gasteiger partial charge >= 0.3 is 0 Å². The zero-order valence-corrected chi connectivity index (χ0v) is 15.8. The van der Waals surface area contributed by atoms with Crippen LogP contribution in [0.4, 0.5) is 5.69 Å². The molecule has 0 saturated carbocycles. The SMILES string of the molecule is Cc1cc(NC(=O)C(C)OCC2CCCCO2)ccc1Oc1cccnc1. The number of hydrogen-bond donors (Lipinski definition) is 1. The van der Waals surface area contributed by atoms with Gasteiger partial charge in [0.2, 0.25) is 0 Å². The lowest BCUT2D eigenvalue weighted by Gasteiger charge is -2.24. The van der Waals surface area contributed by atoms with E-state index < -0.39 is 6.10 Å². The topological polar surface area (TPSA) is 69.7 Å². The number of nitrogens with one attached hydrogen (secondary N) is 1. The molecule has 6 nitrogen and oxygen atoms in total. The second-order valence-corrected chi connectivity index (χ2v) is 6.72. The van der Waals surface area contributed by atoms with E-state index in [4.69, 9.17) is 14.2 Å². The fourth-order valence-corrected chi connectivity index (χ4v) is 2.89. The molecule has 1 aliphatic rings. The number of aromatic nitrogens is 1. The van der Waals surface area contributed by atoms with Gasteiger partial charge < -0.3 is 19.5 Å². The highest BCUT2D eigenvalue weighted by atomic mass is 16.5. The van der Waals surface area contributed by atoms with Crippen LogP contribution in [0.5, 0.6) is 11.5 Å². The number of aryl methyl sites for hydroxylation is 1. The molecule has 2 unspecified atom stereocenters. The van der Waals surface area contributed by atoms with E-state index in [2.05, 4.69) is 10.3 Å². The van der Waals surface area contributed by atoms with Crippen molar-refractivity contribution >= 4 is 11.6 Å². The molecule has 3 rings (SSSR count). The van der Waals surface area contributed by atoms with Crippen LogP contribution in [0.25, 0.3) is 0 Å². The van der Waals surface area contributed by atoms with E-state index in [0.29, 0.717) is 18.0 Å². The first kappa shape index (κ1) is 19.3. The second-order valence-electron chi connectivity index (χ2n) is 6.72. The predicted molar refractivity (Wildman–Crippen MR) is 103 cm³/mol. The van der Waals surface area contributed by atoms with Crippen molar-refractivity contribution in [3.05, 3.63) is 48.3 Å². The van der Waals surface area contributed by atoms with Gasteiger partial charge in [-0.2, -0.15) is 0 Å². The molecule has 2 aromatic rings. The van der Waals surface area contributed by atoms with Crippen molar-refractivity contribution in [2.75, 3.05) is 18.5 Å². The molecule has 1 aliphatic heterocycles. The van der Waals surface area contributed by atoms with Crippen LogP contribution in [-0.4, -0.2) is 36.3 Å². The van der Waals surface area contributed by atoms with Gasteiger partial charge in [0, 0.05) is 18.5 Å². The summed E-state index contributed by atoms with van der Waals surface area (Å²) in [5.74, 6) is 1.22. The molecule has 0 radical (unpaired) electrons. The van der Waals surface area contributed by atoms with Crippen LogP contribution in [0.15, 0.2) is 42.7 Å². The summed E-state index contributed by atoms with van der Waals surface area (Å²) in [6, 6.07) is 9.18. The molecule has 0 spiro atoms. The Hall–Kier alpha value is -2.44. The third-order valence-electron chi connectivity index (χ3n) is 4.48. The van der Waals surface area contributed by atoms with E-state index in [1.807, 2.05) is 37.3 Å². The van der Waals surface area contributed by atoms with Crippen molar-refractivity contribution in [2.24, 2.45) is 0 Å². The maximum absolute atomic E-state index is 12.4. The smallest absolute Gasteiger partial charge is 0.253 e. The molecular formula is C21H26N2O4. The van der Waals surface area contributed by atoms with Gasteiger partial charge in [-0.1, -0.05) is 0 Å². The van der Waals surface area contributed by atoms with Gasteiger partial charge in [0.05, 0.1) is 18.9 Å². The Kier molecular flexibility index (Phi) is 6.79. The van der Waals surface area contributed by atoms with Crippen molar-refractivity contribution in [3.8, 4) is 11.5 Å². The summed E-state index contributed by atoms with van der Waals surface area (Å²) in [5.41, 5.74) is 1.63. The summed E-state index contributed by atoms with van der Waals surface area (Å²) in [4.78, 5) is 16.4. The molecule has 27 heavy (non-hydrogen) atoms. The molecule has 1 fully saturated rings. The maximum atomic E-state index is 12.4. The van der Waals surface area contributed by atoms with E-state index >= 15 is 0 Å². The first-order valence-electron chi connectivity index (χ1n) is 9.34. The van der Waals surface area contributed by atoms with E-state index in [9.17, 15) is 4.79 Å². The quantitative estimate of drug-likeness (QED) is 0.795. The molecule has 1 aromatic heterocycles. The van der Waals surface area contributed by atoms with Gasteiger partial charge in [0.15, 0.2) is 0 Å². The van der Waals surface area contributed by atoms with Gasteiger partial charge in [0.25, 0.3) is 5.91 Å². The zero-order chi connectivity index (χ0) is 19.1. The summed E-state index contributed by atoms with van der Waals surface area (Å²) in [6.45, 7) is 4.92. The summed E-state index contributed by atoms with van der Waals surface area (Å²) in [7, 11) is 0. The van der Waals surface area contributed by atoms with E-state index in [1.54, 1.807) is 19.3 Å². The number of carbonyl (C=O) groups is 1. The minimum atomic E-state index is -0.540. The standard InChI is InChI=1S/C21H26N2O4/c1-15-12-17(8-9-20(15)27-18-7-5-10-22-13-18)23-21(24)16(2)26-14-19-6-3-4-11-25-19/h5,7-10,12-13,16,19H,3-4,6,11,14H2,1-2H3,(H,23,24). The average molecular weight is 370 g/mol. The summed E-state index contributed by atoms with van der Waals surface area (Å²) in [6.07, 6.45) is 6.16. The summed E-state index contributed by atoms with van der Waals surface area (Å²) < 4.78 is 17.1. The molecule has 1 aromatic carbocycles. The van der Waals surface area contributed by atoms with Crippen molar-refractivity contribution in [1.82, 2.24) is 4.98 Å². The number of carbonyl (C=O) groups excluding carboxylic acids is 1. The van der Waals surface area contributed by atoms with Gasteiger partial charge in [-0.15, -0.1) is 0 Å². The Labute approximate surface area is 159 Å². The van der Waals surface area contributed by atoms with Crippen LogP contribution in [0.1, 0.15) is 31.7 Å². The van der Waals surface area contributed by atoms with Gasteiger partial charge in [0.1, 0.15) is 17.6 Å². The summed E-state index contributed by atoms with van der Waals surface area (Å²) >= 11 is 0. The fourth-order valence-electron chi connectivity index (χ4n) is 2.89. The van der Waals surface area contributed by atoms with Crippen LogP contribution in [0.3, 0.4) is 0 Å². The zero-order valence-electron chi connectivity index (χ0n) is 15.8. The molecule has 2 heterocycles. The molecule has 0 aliphatic carbocycles. The van der Waals surface area contributed by atoms with Crippen molar-refractivity contribution in [1.29, 1.82) is 0 Å². The predicted octanol–water partition coefficient (Wildman–Crippen LogP) is 4.10. The van der Waals surface area contributed by atoms with Crippen molar-refractivity contribution in [3.63, 3.8) is 0 Å². The minimum absolute atomic E-state index is 0.0974. The largest absolute Gasteiger partial charge is 0.455 e. The van der Waals surface area contributed by atoms with Crippen LogP contribution in [0, 0.1) is 6.92 Å². The van der Waals surface area contributed by atoms with Crippen LogP contribution >= 0.6 is 0 Å². The highest BCUT2D eigenvalue weighted by Gasteiger charge is 2.19. The Bertz CT molecular complexity index is 745. The van der Waals surface area contributed by atoms with E-state index in [0.717, 1.165) is 37.2 Å². The molecule has 6 heteroatoms. The Morgan fingerprint density at radius 1 is 1.37 bits per heavy atom. The number of ether oxygens (including phenoxy) is 3. The first-order valence-corrected chi connectivity index (χ1v) is 9.34. The Morgan fingerprint density at radius 2 is 2.26 bits per heavy atom. The van der Waals surface area contributed by atoms with Gasteiger partial charge in [-0.3, -0.25) is 9.78 Å². The van der Waals surface area contributed by atoms with E-state index in [1.165, 1.54) is 0 Å². The Morgan fingerprint density at radius 3 is 2.96 bits per heavy atom. The van der Waals surface area contributed by atoms with Gasteiger partial charge in [-0.25, -0.2) is 0 Å². The molecule has 1 amide bonds. The average Bonchev–Trinajstić information content (AvgIpc) is 2.70. The number of nitrogens with zero attached hydrogens (tertiary/aromatic N) is 1. The number of rotatable bonds is 7. The first-order chi connectivity index (χ1) is 13.1. The maximum Gasteiger partial charge on any atom is 0.253 e. The number of anilines is 1. The van der Waals surface area contributed by atoms with Crippen molar-refractivity contribution < 1.29 is 19.0 Å². The number of pyridine rings is 1. The lowest BCUT2D eigenvalue weighted by Crippen LogP contribution is -2.32. The number of benzene rings is 1. The second kappa shape index (κ2) is 9.48. The monoisotopic (exact) mass is 370 g/mol. The number of amides is 1. The fraction of sp³-hybridized carbons (Fsp3) is 0.429. The Balaban J connectivity index is 1.52. The third-order valence-corrected chi connectivity index (χ3v) is 4.48. The molecule has 1 N–H and O–H groups in total. The third kappa shape index (κ3) is 5.77. The molecule has 0 bridgehead atoms. The lowest BCUT2D eigenvalue weighted by atomic mass is 10.1. The molecule has 1 saturated heterocycles. The molecule has 2 atom stereocenters. The lowest BCUT2D eigenvalue weighted by molar-refractivity contribution is -0.130. The normalized spacial score (nSPS) is 17.9. The summed E-state index contributed by atoms with van der Waals surface area (Å²) in [5, 5.41) is 2.89. The van der Waals surface area contributed by atoms with Crippen LogP contribution in [0.2, 0.25) is 0 Å². The van der Waals surface area contributed by atoms with Crippen LogP contribution < -0.4 is 10.1 Å². The molecular weight excluding hydrogens is 344 g/mol. The van der Waals surface area contributed by atoms with E-state index in [-0.39, 0.29) is 12.0 Å². The number of hydrogen-bond acceptors (Lipinski definition) is 5. The molecule has 144 valence electrons. The van der Waals surface area contributed by atoms with Crippen molar-refractivity contribution in [2.45, 2.75) is 45.3 Å². The highest BCUT2D eigenvalue weighted by Crippen LogP contribution is 2.27. The highest BCUT2D eigenvalue weighted by molar-refractivity contribution is 5.94. The van der Waals surface area contributed by atoms with Crippen LogP contribution in [-0.2, 0) is 14.3 Å².